The SMILES string of the molecule is COCC(=O)CSc1cccc2cc(C)ccc12. The summed E-state index contributed by atoms with van der Waals surface area (Å²) in [6, 6.07) is 12.6. The van der Waals surface area contributed by atoms with E-state index in [-0.39, 0.29) is 12.4 Å². The van der Waals surface area contributed by atoms with Crippen molar-refractivity contribution in [1.29, 1.82) is 0 Å². The lowest BCUT2D eigenvalue weighted by Crippen LogP contribution is -2.08. The monoisotopic (exact) mass is 260 g/mol. The number of aryl methyl sites for hydroxylation is 1. The van der Waals surface area contributed by atoms with Crippen LogP contribution < -0.4 is 0 Å². The summed E-state index contributed by atoms with van der Waals surface area (Å²) in [4.78, 5) is 12.6. The highest BCUT2D eigenvalue weighted by molar-refractivity contribution is 8.00. The average molecular weight is 260 g/mol. The van der Waals surface area contributed by atoms with Gasteiger partial charge in [0.1, 0.15) is 6.61 Å². The van der Waals surface area contributed by atoms with Gasteiger partial charge in [0.2, 0.25) is 0 Å². The number of Topliss-reactive ketones (excluding diaryl/α,β-unsaturated/α-hetero) is 1. The second kappa shape index (κ2) is 6.03. The molecule has 2 rings (SSSR count). The van der Waals surface area contributed by atoms with Crippen LogP contribution in [0.4, 0.5) is 0 Å². The number of hydrogen-bond donors (Lipinski definition) is 0. The first-order chi connectivity index (χ1) is 8.70. The van der Waals surface area contributed by atoms with Crippen molar-refractivity contribution in [3.05, 3.63) is 42.0 Å². The van der Waals surface area contributed by atoms with Gasteiger partial charge in [-0.1, -0.05) is 35.9 Å². The molecule has 0 fully saturated rings. The second-order valence-electron chi connectivity index (χ2n) is 4.24. The van der Waals surface area contributed by atoms with Crippen LogP contribution in [-0.2, 0) is 9.53 Å². The van der Waals surface area contributed by atoms with Crippen LogP contribution in [0.5, 0.6) is 0 Å². The van der Waals surface area contributed by atoms with Gasteiger partial charge in [-0.3, -0.25) is 4.79 Å². The Morgan fingerprint density at radius 2 is 2.11 bits per heavy atom. The molecule has 94 valence electrons. The third-order valence-electron chi connectivity index (χ3n) is 2.69. The van der Waals surface area contributed by atoms with Crippen molar-refractivity contribution in [3.8, 4) is 0 Å². The van der Waals surface area contributed by atoms with Gasteiger partial charge in [0.05, 0.1) is 5.75 Å². The Hall–Kier alpha value is -1.32. The van der Waals surface area contributed by atoms with Gasteiger partial charge in [-0.25, -0.2) is 0 Å². The van der Waals surface area contributed by atoms with Crippen LogP contribution in [0, 0.1) is 6.92 Å². The molecule has 0 radical (unpaired) electrons. The van der Waals surface area contributed by atoms with E-state index in [1.54, 1.807) is 18.9 Å². The van der Waals surface area contributed by atoms with Crippen LogP contribution in [0.15, 0.2) is 41.3 Å². The number of carbonyl (C=O) groups excluding carboxylic acids is 1. The zero-order chi connectivity index (χ0) is 13.0. The molecule has 0 atom stereocenters. The summed E-state index contributed by atoms with van der Waals surface area (Å²) >= 11 is 1.57. The van der Waals surface area contributed by atoms with Gasteiger partial charge in [0.15, 0.2) is 5.78 Å². The summed E-state index contributed by atoms with van der Waals surface area (Å²) in [5, 5.41) is 2.43. The van der Waals surface area contributed by atoms with E-state index >= 15 is 0 Å². The molecule has 0 aliphatic heterocycles. The summed E-state index contributed by atoms with van der Waals surface area (Å²) in [6.07, 6.45) is 0. The molecule has 0 saturated heterocycles. The molecule has 0 amide bonds. The quantitative estimate of drug-likeness (QED) is 0.770. The van der Waals surface area contributed by atoms with Crippen LogP contribution in [0.2, 0.25) is 0 Å². The number of rotatable bonds is 5. The third kappa shape index (κ3) is 3.12. The van der Waals surface area contributed by atoms with E-state index < -0.39 is 0 Å². The summed E-state index contributed by atoms with van der Waals surface area (Å²) in [6.45, 7) is 2.28. The van der Waals surface area contributed by atoms with E-state index in [0.29, 0.717) is 5.75 Å². The highest BCUT2D eigenvalue weighted by atomic mass is 32.2. The highest BCUT2D eigenvalue weighted by Crippen LogP contribution is 2.28. The molecule has 0 bridgehead atoms. The van der Waals surface area contributed by atoms with Gasteiger partial charge in [-0.15, -0.1) is 11.8 Å². The predicted molar refractivity (Wildman–Crippen MR) is 76.3 cm³/mol. The molecule has 2 aromatic carbocycles. The van der Waals surface area contributed by atoms with Crippen LogP contribution in [-0.4, -0.2) is 25.3 Å². The normalized spacial score (nSPS) is 10.8. The van der Waals surface area contributed by atoms with E-state index in [9.17, 15) is 4.79 Å². The van der Waals surface area contributed by atoms with Crippen LogP contribution >= 0.6 is 11.8 Å². The van der Waals surface area contributed by atoms with Crippen LogP contribution in [0.25, 0.3) is 10.8 Å². The fraction of sp³-hybridized carbons (Fsp3) is 0.267. The van der Waals surface area contributed by atoms with Crippen molar-refractivity contribution in [3.63, 3.8) is 0 Å². The lowest BCUT2D eigenvalue weighted by molar-refractivity contribution is -0.120. The van der Waals surface area contributed by atoms with Crippen LogP contribution in [0.3, 0.4) is 0 Å². The summed E-state index contributed by atoms with van der Waals surface area (Å²) in [5.41, 5.74) is 1.25. The highest BCUT2D eigenvalue weighted by Gasteiger charge is 2.05. The molecule has 18 heavy (non-hydrogen) atoms. The fourth-order valence-corrected chi connectivity index (χ4v) is 2.78. The predicted octanol–water partition coefficient (Wildman–Crippen LogP) is 3.46. The number of benzene rings is 2. The Morgan fingerprint density at radius 3 is 2.89 bits per heavy atom. The fourth-order valence-electron chi connectivity index (χ4n) is 1.86. The van der Waals surface area contributed by atoms with Crippen LogP contribution in [0.1, 0.15) is 5.56 Å². The molecule has 0 spiro atoms. The first-order valence-electron chi connectivity index (χ1n) is 5.83. The van der Waals surface area contributed by atoms with Crippen molar-refractivity contribution in [2.45, 2.75) is 11.8 Å². The molecule has 0 aromatic heterocycles. The maximum Gasteiger partial charge on any atom is 0.168 e. The topological polar surface area (TPSA) is 26.3 Å². The molecular weight excluding hydrogens is 244 g/mol. The molecular formula is C15H16O2S. The number of thioether (sulfide) groups is 1. The van der Waals surface area contributed by atoms with E-state index in [1.807, 2.05) is 6.07 Å². The van der Waals surface area contributed by atoms with Gasteiger partial charge in [-0.05, 0) is 23.8 Å². The lowest BCUT2D eigenvalue weighted by atomic mass is 10.1. The first kappa shape index (κ1) is 13.1. The molecule has 2 aromatic rings. The average Bonchev–Trinajstić information content (AvgIpc) is 2.36. The third-order valence-corrected chi connectivity index (χ3v) is 3.82. The van der Waals surface area contributed by atoms with E-state index in [4.69, 9.17) is 4.74 Å². The van der Waals surface area contributed by atoms with Gasteiger partial charge in [0.25, 0.3) is 0 Å². The smallest absolute Gasteiger partial charge is 0.168 e. The Kier molecular flexibility index (Phi) is 4.39. The Morgan fingerprint density at radius 1 is 1.28 bits per heavy atom. The van der Waals surface area contributed by atoms with E-state index in [0.717, 1.165) is 4.90 Å². The zero-order valence-electron chi connectivity index (χ0n) is 10.6. The van der Waals surface area contributed by atoms with Gasteiger partial charge in [0, 0.05) is 12.0 Å². The lowest BCUT2D eigenvalue weighted by Gasteiger charge is -2.06. The number of ketones is 1. The van der Waals surface area contributed by atoms with Crippen molar-refractivity contribution in [1.82, 2.24) is 0 Å². The molecule has 0 unspecified atom stereocenters. The minimum atomic E-state index is 0.117. The maximum absolute atomic E-state index is 11.5. The minimum absolute atomic E-state index is 0.117. The first-order valence-corrected chi connectivity index (χ1v) is 6.82. The molecule has 0 aliphatic carbocycles. The largest absolute Gasteiger partial charge is 0.377 e. The summed E-state index contributed by atoms with van der Waals surface area (Å²) in [7, 11) is 1.54. The number of hydrogen-bond acceptors (Lipinski definition) is 3. The molecule has 0 heterocycles. The molecule has 0 N–H and O–H groups in total. The Balaban J connectivity index is 2.20. The second-order valence-corrected chi connectivity index (χ2v) is 5.26. The summed E-state index contributed by atoms with van der Waals surface area (Å²) < 4.78 is 4.83. The van der Waals surface area contributed by atoms with Crippen molar-refractivity contribution in [2.24, 2.45) is 0 Å². The molecule has 0 aliphatic rings. The van der Waals surface area contributed by atoms with Crippen molar-refractivity contribution < 1.29 is 9.53 Å². The van der Waals surface area contributed by atoms with Gasteiger partial charge >= 0.3 is 0 Å². The van der Waals surface area contributed by atoms with Gasteiger partial charge in [-0.2, -0.15) is 0 Å². The van der Waals surface area contributed by atoms with Crippen molar-refractivity contribution >= 4 is 28.3 Å². The van der Waals surface area contributed by atoms with E-state index in [2.05, 4.69) is 37.3 Å². The summed E-state index contributed by atoms with van der Waals surface area (Å²) in [5.74, 6) is 0.576. The number of ether oxygens (including phenoxy) is 1. The Labute approximate surface area is 111 Å². The number of fused-ring (bicyclic) bond motifs is 1. The molecule has 3 heteroatoms. The van der Waals surface area contributed by atoms with Crippen molar-refractivity contribution in [2.75, 3.05) is 19.5 Å². The minimum Gasteiger partial charge on any atom is -0.377 e. The zero-order valence-corrected chi connectivity index (χ0v) is 11.4. The molecule has 0 saturated carbocycles. The number of carbonyl (C=O) groups is 1. The standard InChI is InChI=1S/C15H16O2S/c1-11-6-7-14-12(8-11)4-3-5-15(14)18-10-13(16)9-17-2/h3-8H,9-10H2,1-2H3. The van der Waals surface area contributed by atoms with E-state index in [1.165, 1.54) is 16.3 Å². The maximum atomic E-state index is 11.5. The Bertz CT molecular complexity index is 563. The van der Waals surface area contributed by atoms with Gasteiger partial charge < -0.3 is 4.74 Å². The molecule has 2 nitrogen and oxygen atoms in total. The number of methoxy groups -OCH3 is 1.